The summed E-state index contributed by atoms with van der Waals surface area (Å²) in [6.07, 6.45) is 4.18. The molecule has 26 heavy (non-hydrogen) atoms. The number of anilines is 1. The van der Waals surface area contributed by atoms with Crippen molar-refractivity contribution in [2.75, 3.05) is 38.1 Å². The van der Waals surface area contributed by atoms with Crippen LogP contribution in [0.15, 0.2) is 16.2 Å². The lowest BCUT2D eigenvalue weighted by molar-refractivity contribution is -0.125. The highest BCUT2D eigenvalue weighted by Gasteiger charge is 2.31. The maximum absolute atomic E-state index is 12.2. The van der Waals surface area contributed by atoms with Crippen molar-refractivity contribution in [1.82, 2.24) is 15.2 Å². The third kappa shape index (κ3) is 3.50. The second-order valence-corrected chi connectivity index (χ2v) is 8.92. The molecule has 1 N–H and O–H groups in total. The number of rotatable bonds is 3. The Hall–Kier alpha value is -1.51. The van der Waals surface area contributed by atoms with Gasteiger partial charge in [-0.2, -0.15) is 0 Å². The zero-order valence-corrected chi connectivity index (χ0v) is 16.6. The maximum Gasteiger partial charge on any atom is 0.255 e. The minimum Gasteiger partial charge on any atom is -0.359 e. The normalized spacial score (nSPS) is 24.7. The molecule has 2 aromatic rings. The van der Waals surface area contributed by atoms with Crippen LogP contribution in [0.1, 0.15) is 25.7 Å². The monoisotopic (exact) mass is 392 g/mol. The van der Waals surface area contributed by atoms with Crippen molar-refractivity contribution in [2.24, 2.45) is 5.92 Å². The molecular weight excluding hydrogens is 368 g/mol. The summed E-state index contributed by atoms with van der Waals surface area (Å²) in [5, 5.41) is 5.56. The topological polar surface area (TPSA) is 65.5 Å². The quantitative estimate of drug-likeness (QED) is 0.867. The molecule has 0 radical (unpaired) electrons. The molecule has 1 saturated heterocycles. The van der Waals surface area contributed by atoms with Gasteiger partial charge < -0.3 is 10.2 Å². The number of fused-ring (bicyclic) bond motifs is 1. The predicted molar refractivity (Wildman–Crippen MR) is 107 cm³/mol. The number of piperazine rings is 1. The van der Waals surface area contributed by atoms with Crippen LogP contribution in [0.5, 0.6) is 0 Å². The highest BCUT2D eigenvalue weighted by atomic mass is 32.1. The SMILES string of the molecule is CNC(=O)C1CCC(N2CCN(c3nc4ccsc4c(=O)s3)CC2)CC1. The van der Waals surface area contributed by atoms with Crippen molar-refractivity contribution in [1.29, 1.82) is 0 Å². The first-order valence-electron chi connectivity index (χ1n) is 9.24. The Kier molecular flexibility index (Phi) is 5.24. The molecule has 0 aromatic carbocycles. The van der Waals surface area contributed by atoms with Crippen LogP contribution in [0.2, 0.25) is 0 Å². The van der Waals surface area contributed by atoms with E-state index >= 15 is 0 Å². The van der Waals surface area contributed by atoms with Crippen LogP contribution in [0.25, 0.3) is 10.2 Å². The van der Waals surface area contributed by atoms with Gasteiger partial charge in [0.25, 0.3) is 4.74 Å². The van der Waals surface area contributed by atoms with Crippen molar-refractivity contribution in [3.63, 3.8) is 0 Å². The lowest BCUT2D eigenvalue weighted by atomic mass is 9.84. The summed E-state index contributed by atoms with van der Waals surface area (Å²) in [5.41, 5.74) is 0.823. The average molecular weight is 393 g/mol. The summed E-state index contributed by atoms with van der Waals surface area (Å²) < 4.78 is 0.889. The van der Waals surface area contributed by atoms with Gasteiger partial charge in [-0.05, 0) is 37.1 Å². The van der Waals surface area contributed by atoms with E-state index in [1.54, 1.807) is 7.05 Å². The Morgan fingerprint density at radius 2 is 1.92 bits per heavy atom. The fraction of sp³-hybridized carbons (Fsp3) is 0.611. The van der Waals surface area contributed by atoms with Crippen LogP contribution < -0.4 is 15.0 Å². The summed E-state index contributed by atoms with van der Waals surface area (Å²) >= 11 is 2.74. The first-order valence-corrected chi connectivity index (χ1v) is 10.9. The number of hydrogen-bond acceptors (Lipinski definition) is 7. The van der Waals surface area contributed by atoms with Crippen LogP contribution in [-0.4, -0.2) is 55.1 Å². The zero-order valence-electron chi connectivity index (χ0n) is 14.9. The maximum atomic E-state index is 12.2. The molecule has 1 amide bonds. The van der Waals surface area contributed by atoms with E-state index in [2.05, 4.69) is 20.1 Å². The van der Waals surface area contributed by atoms with Gasteiger partial charge in [0.15, 0.2) is 5.13 Å². The zero-order chi connectivity index (χ0) is 18.1. The molecule has 8 heteroatoms. The molecule has 2 fully saturated rings. The Morgan fingerprint density at radius 1 is 1.19 bits per heavy atom. The number of thiophene rings is 1. The molecule has 0 unspecified atom stereocenters. The number of amides is 1. The Labute approximate surface area is 160 Å². The summed E-state index contributed by atoms with van der Waals surface area (Å²) in [7, 11) is 1.73. The van der Waals surface area contributed by atoms with Gasteiger partial charge in [-0.3, -0.25) is 14.5 Å². The molecule has 1 aliphatic carbocycles. The van der Waals surface area contributed by atoms with Crippen molar-refractivity contribution >= 4 is 43.9 Å². The summed E-state index contributed by atoms with van der Waals surface area (Å²) in [6, 6.07) is 2.52. The van der Waals surface area contributed by atoms with E-state index in [9.17, 15) is 9.59 Å². The Balaban J connectivity index is 1.35. The molecule has 6 nitrogen and oxygen atoms in total. The van der Waals surface area contributed by atoms with Gasteiger partial charge in [-0.25, -0.2) is 4.98 Å². The van der Waals surface area contributed by atoms with Gasteiger partial charge in [-0.15, -0.1) is 11.3 Å². The molecule has 4 rings (SSSR count). The third-order valence-corrected chi connectivity index (χ3v) is 7.60. The van der Waals surface area contributed by atoms with E-state index in [4.69, 9.17) is 0 Å². The molecular formula is C18H24N4O2S2. The Bertz CT molecular complexity index is 833. The largest absolute Gasteiger partial charge is 0.359 e. The van der Waals surface area contributed by atoms with E-state index < -0.39 is 0 Å². The molecule has 0 bridgehead atoms. The van der Waals surface area contributed by atoms with Crippen LogP contribution >= 0.6 is 22.7 Å². The van der Waals surface area contributed by atoms with E-state index in [1.807, 2.05) is 11.4 Å². The predicted octanol–water partition coefficient (Wildman–Crippen LogP) is 2.14. The van der Waals surface area contributed by atoms with Crippen LogP contribution in [0.3, 0.4) is 0 Å². The Morgan fingerprint density at radius 3 is 2.62 bits per heavy atom. The first-order chi connectivity index (χ1) is 12.7. The van der Waals surface area contributed by atoms with Gasteiger partial charge in [0.2, 0.25) is 5.91 Å². The summed E-state index contributed by atoms with van der Waals surface area (Å²) in [5.74, 6) is 0.384. The smallest absolute Gasteiger partial charge is 0.255 e. The van der Waals surface area contributed by atoms with Crippen LogP contribution in [0.4, 0.5) is 5.13 Å². The van der Waals surface area contributed by atoms with Gasteiger partial charge in [0, 0.05) is 45.2 Å². The molecule has 0 atom stereocenters. The fourth-order valence-electron chi connectivity index (χ4n) is 4.12. The van der Waals surface area contributed by atoms with E-state index in [0.717, 1.165) is 67.2 Å². The van der Waals surface area contributed by atoms with Crippen molar-refractivity contribution < 1.29 is 4.79 Å². The number of nitrogens with one attached hydrogen (secondary N) is 1. The standard InChI is InChI=1S/C18H24N4O2S2/c1-19-16(23)12-2-4-13(5-3-12)21-7-9-22(10-8-21)18-20-14-6-11-25-15(14)17(24)26-18/h6,11-13H,2-5,7-10H2,1H3,(H,19,23). The number of aromatic nitrogens is 1. The molecule has 1 saturated carbocycles. The van der Waals surface area contributed by atoms with Crippen molar-refractivity contribution in [3.8, 4) is 0 Å². The number of hydrogen-bond donors (Lipinski definition) is 1. The summed E-state index contributed by atoms with van der Waals surface area (Å²) in [6.45, 7) is 3.82. The molecule has 2 aliphatic rings. The highest BCUT2D eigenvalue weighted by Crippen LogP contribution is 2.29. The minimum absolute atomic E-state index is 0.120. The van der Waals surface area contributed by atoms with Gasteiger partial charge in [0.05, 0.1) is 5.52 Å². The molecule has 2 aromatic heterocycles. The highest BCUT2D eigenvalue weighted by molar-refractivity contribution is 7.21. The number of carbonyl (C=O) groups excluding carboxylic acids is 1. The van der Waals surface area contributed by atoms with Crippen LogP contribution in [0, 0.1) is 5.92 Å². The second-order valence-electron chi connectivity index (χ2n) is 7.06. The van der Waals surface area contributed by atoms with Gasteiger partial charge >= 0.3 is 0 Å². The summed E-state index contributed by atoms with van der Waals surface area (Å²) in [4.78, 5) is 33.5. The fourth-order valence-corrected chi connectivity index (χ4v) is 5.87. The van der Waals surface area contributed by atoms with E-state index in [1.165, 1.54) is 22.7 Å². The molecule has 3 heterocycles. The number of carbonyl (C=O) groups is 1. The molecule has 1 aliphatic heterocycles. The van der Waals surface area contributed by atoms with Gasteiger partial charge in [-0.1, -0.05) is 11.3 Å². The lowest BCUT2D eigenvalue weighted by Crippen LogP contribution is -2.51. The minimum atomic E-state index is 0.120. The van der Waals surface area contributed by atoms with E-state index in [-0.39, 0.29) is 16.6 Å². The second kappa shape index (κ2) is 7.62. The number of nitrogens with zero attached hydrogens (tertiary/aromatic N) is 3. The van der Waals surface area contributed by atoms with Crippen LogP contribution in [-0.2, 0) is 4.79 Å². The van der Waals surface area contributed by atoms with E-state index in [0.29, 0.717) is 6.04 Å². The first kappa shape index (κ1) is 17.9. The lowest BCUT2D eigenvalue weighted by Gasteiger charge is -2.41. The van der Waals surface area contributed by atoms with Gasteiger partial charge in [0.1, 0.15) is 4.70 Å². The molecule has 140 valence electrons. The average Bonchev–Trinajstić information content (AvgIpc) is 3.17. The van der Waals surface area contributed by atoms with Crippen molar-refractivity contribution in [3.05, 3.63) is 21.0 Å². The molecule has 0 spiro atoms. The van der Waals surface area contributed by atoms with Crippen molar-refractivity contribution in [2.45, 2.75) is 31.7 Å². The third-order valence-electron chi connectivity index (χ3n) is 5.64.